The number of anilines is 1. The molecule has 1 atom stereocenters. The largest absolute Gasteiger partial charge is 0.396 e. The average molecular weight is 262 g/mol. The fourth-order valence-corrected chi connectivity index (χ4v) is 2.42. The van der Waals surface area contributed by atoms with Crippen LogP contribution in [0, 0.1) is 0 Å². The molecule has 0 aromatic heterocycles. The van der Waals surface area contributed by atoms with Gasteiger partial charge in [-0.3, -0.25) is 4.79 Å². The number of amides is 1. The summed E-state index contributed by atoms with van der Waals surface area (Å²) in [7, 11) is 0. The summed E-state index contributed by atoms with van der Waals surface area (Å²) in [5.41, 5.74) is 1.90. The molecule has 0 bridgehead atoms. The first-order valence-electron chi connectivity index (χ1n) is 7.01. The SMILES string of the molecule is O=C(CCC1CCCN1)Nc1ccc(CCO)cc1. The van der Waals surface area contributed by atoms with Crippen LogP contribution < -0.4 is 10.6 Å². The summed E-state index contributed by atoms with van der Waals surface area (Å²) >= 11 is 0. The molecule has 19 heavy (non-hydrogen) atoms. The number of carbonyl (C=O) groups is 1. The van der Waals surface area contributed by atoms with Crippen LogP contribution in [-0.2, 0) is 11.2 Å². The summed E-state index contributed by atoms with van der Waals surface area (Å²) in [5, 5.41) is 15.1. The number of aliphatic hydroxyl groups is 1. The van der Waals surface area contributed by atoms with Crippen LogP contribution in [0.15, 0.2) is 24.3 Å². The van der Waals surface area contributed by atoms with Crippen LogP contribution in [0.25, 0.3) is 0 Å². The third kappa shape index (κ3) is 4.65. The van der Waals surface area contributed by atoms with E-state index in [-0.39, 0.29) is 12.5 Å². The van der Waals surface area contributed by atoms with Gasteiger partial charge in [0, 0.05) is 24.8 Å². The Bertz CT molecular complexity index is 397. The number of hydrogen-bond donors (Lipinski definition) is 3. The molecule has 2 rings (SSSR count). The van der Waals surface area contributed by atoms with Crippen molar-refractivity contribution in [1.82, 2.24) is 5.32 Å². The number of hydrogen-bond acceptors (Lipinski definition) is 3. The number of rotatable bonds is 6. The van der Waals surface area contributed by atoms with Gasteiger partial charge in [-0.1, -0.05) is 12.1 Å². The maximum atomic E-state index is 11.8. The Kier molecular flexibility index (Phi) is 5.36. The van der Waals surface area contributed by atoms with Gasteiger partial charge in [-0.05, 0) is 49.9 Å². The summed E-state index contributed by atoms with van der Waals surface area (Å²) in [5.74, 6) is 0.0728. The van der Waals surface area contributed by atoms with Crippen LogP contribution in [-0.4, -0.2) is 30.2 Å². The molecule has 1 heterocycles. The Morgan fingerprint density at radius 2 is 2.16 bits per heavy atom. The van der Waals surface area contributed by atoms with Crippen molar-refractivity contribution >= 4 is 11.6 Å². The second kappa shape index (κ2) is 7.26. The van der Waals surface area contributed by atoms with Crippen molar-refractivity contribution in [2.75, 3.05) is 18.5 Å². The van der Waals surface area contributed by atoms with E-state index in [1.165, 1.54) is 12.8 Å². The second-order valence-corrected chi connectivity index (χ2v) is 5.05. The van der Waals surface area contributed by atoms with Crippen LogP contribution in [0.3, 0.4) is 0 Å². The maximum Gasteiger partial charge on any atom is 0.224 e. The van der Waals surface area contributed by atoms with Gasteiger partial charge in [-0.2, -0.15) is 0 Å². The van der Waals surface area contributed by atoms with E-state index in [1.807, 2.05) is 24.3 Å². The summed E-state index contributed by atoms with van der Waals surface area (Å²) in [6, 6.07) is 8.15. The molecular formula is C15H22N2O2. The lowest BCUT2D eigenvalue weighted by molar-refractivity contribution is -0.116. The summed E-state index contributed by atoms with van der Waals surface area (Å²) < 4.78 is 0. The van der Waals surface area contributed by atoms with E-state index in [1.54, 1.807) is 0 Å². The molecule has 1 aromatic carbocycles. The van der Waals surface area contributed by atoms with Crippen molar-refractivity contribution < 1.29 is 9.90 Å². The zero-order valence-corrected chi connectivity index (χ0v) is 11.2. The highest BCUT2D eigenvalue weighted by atomic mass is 16.2. The lowest BCUT2D eigenvalue weighted by Crippen LogP contribution is -2.23. The second-order valence-electron chi connectivity index (χ2n) is 5.05. The molecule has 1 aliphatic rings. The van der Waals surface area contributed by atoms with Crippen molar-refractivity contribution in [2.45, 2.75) is 38.1 Å². The minimum atomic E-state index is 0.0728. The highest BCUT2D eigenvalue weighted by Gasteiger charge is 2.15. The van der Waals surface area contributed by atoms with E-state index in [9.17, 15) is 4.79 Å². The molecule has 4 nitrogen and oxygen atoms in total. The van der Waals surface area contributed by atoms with E-state index in [2.05, 4.69) is 10.6 Å². The first kappa shape index (κ1) is 14.0. The first-order chi connectivity index (χ1) is 9.28. The monoisotopic (exact) mass is 262 g/mol. The van der Waals surface area contributed by atoms with Gasteiger partial charge in [0.25, 0.3) is 0 Å². The van der Waals surface area contributed by atoms with Gasteiger partial charge in [0.1, 0.15) is 0 Å². The van der Waals surface area contributed by atoms with E-state index in [0.717, 1.165) is 24.2 Å². The van der Waals surface area contributed by atoms with Crippen LogP contribution in [0.5, 0.6) is 0 Å². The van der Waals surface area contributed by atoms with E-state index >= 15 is 0 Å². The van der Waals surface area contributed by atoms with Crippen molar-refractivity contribution in [2.24, 2.45) is 0 Å². The quantitative estimate of drug-likeness (QED) is 0.731. The Hall–Kier alpha value is -1.39. The Labute approximate surface area is 114 Å². The molecule has 1 unspecified atom stereocenters. The third-order valence-electron chi connectivity index (χ3n) is 3.52. The Balaban J connectivity index is 1.74. The molecule has 104 valence electrons. The van der Waals surface area contributed by atoms with E-state index in [4.69, 9.17) is 5.11 Å². The molecule has 0 radical (unpaired) electrons. The number of nitrogens with one attached hydrogen (secondary N) is 2. The lowest BCUT2D eigenvalue weighted by atomic mass is 10.1. The lowest BCUT2D eigenvalue weighted by Gasteiger charge is -2.10. The summed E-state index contributed by atoms with van der Waals surface area (Å²) in [6.07, 6.45) is 4.54. The maximum absolute atomic E-state index is 11.8. The minimum Gasteiger partial charge on any atom is -0.396 e. The molecule has 1 aromatic rings. The van der Waals surface area contributed by atoms with Crippen molar-refractivity contribution in [3.8, 4) is 0 Å². The van der Waals surface area contributed by atoms with Crippen molar-refractivity contribution in [1.29, 1.82) is 0 Å². The molecule has 0 aliphatic carbocycles. The number of aliphatic hydroxyl groups excluding tert-OH is 1. The fourth-order valence-electron chi connectivity index (χ4n) is 2.42. The van der Waals surface area contributed by atoms with Crippen LogP contribution in [0.1, 0.15) is 31.2 Å². The van der Waals surface area contributed by atoms with Gasteiger partial charge >= 0.3 is 0 Å². The Morgan fingerprint density at radius 1 is 1.37 bits per heavy atom. The number of carbonyl (C=O) groups excluding carboxylic acids is 1. The normalized spacial score (nSPS) is 18.5. The van der Waals surface area contributed by atoms with Gasteiger partial charge in [0.05, 0.1) is 0 Å². The third-order valence-corrected chi connectivity index (χ3v) is 3.52. The molecule has 1 aliphatic heterocycles. The zero-order valence-electron chi connectivity index (χ0n) is 11.2. The molecule has 0 saturated carbocycles. The predicted octanol–water partition coefficient (Wildman–Crippen LogP) is 1.69. The van der Waals surface area contributed by atoms with Gasteiger partial charge in [0.15, 0.2) is 0 Å². The molecular weight excluding hydrogens is 240 g/mol. The van der Waals surface area contributed by atoms with E-state index in [0.29, 0.717) is 18.9 Å². The topological polar surface area (TPSA) is 61.4 Å². The summed E-state index contributed by atoms with van der Waals surface area (Å²) in [4.78, 5) is 11.8. The van der Waals surface area contributed by atoms with Gasteiger partial charge in [0.2, 0.25) is 5.91 Å². The van der Waals surface area contributed by atoms with Crippen molar-refractivity contribution in [3.63, 3.8) is 0 Å². The van der Waals surface area contributed by atoms with Gasteiger partial charge in [-0.25, -0.2) is 0 Å². The van der Waals surface area contributed by atoms with Gasteiger partial charge < -0.3 is 15.7 Å². The van der Waals surface area contributed by atoms with Crippen molar-refractivity contribution in [3.05, 3.63) is 29.8 Å². The molecule has 1 fully saturated rings. The molecule has 1 saturated heterocycles. The number of benzene rings is 1. The van der Waals surface area contributed by atoms with Crippen LogP contribution in [0.2, 0.25) is 0 Å². The highest BCUT2D eigenvalue weighted by Crippen LogP contribution is 2.13. The van der Waals surface area contributed by atoms with Crippen LogP contribution in [0.4, 0.5) is 5.69 Å². The standard InChI is InChI=1S/C15H22N2O2/c18-11-9-12-3-5-14(6-4-12)17-15(19)8-7-13-2-1-10-16-13/h3-6,13,16,18H,1-2,7-11H2,(H,17,19). The molecule has 1 amide bonds. The average Bonchev–Trinajstić information content (AvgIpc) is 2.92. The van der Waals surface area contributed by atoms with Crippen LogP contribution >= 0.6 is 0 Å². The smallest absolute Gasteiger partial charge is 0.224 e. The molecule has 0 spiro atoms. The minimum absolute atomic E-state index is 0.0728. The highest BCUT2D eigenvalue weighted by molar-refractivity contribution is 5.90. The predicted molar refractivity (Wildman–Crippen MR) is 76.1 cm³/mol. The molecule has 4 heteroatoms. The van der Waals surface area contributed by atoms with E-state index < -0.39 is 0 Å². The van der Waals surface area contributed by atoms with Gasteiger partial charge in [-0.15, -0.1) is 0 Å². The molecule has 3 N–H and O–H groups in total. The zero-order chi connectivity index (χ0) is 13.5. The Morgan fingerprint density at radius 3 is 2.79 bits per heavy atom. The first-order valence-corrected chi connectivity index (χ1v) is 7.01. The fraction of sp³-hybridized carbons (Fsp3) is 0.533. The summed E-state index contributed by atoms with van der Waals surface area (Å²) in [6.45, 7) is 1.23.